The van der Waals surface area contributed by atoms with Crippen LogP contribution in [0.4, 0.5) is 13.2 Å². The average Bonchev–Trinajstić information content (AvgIpc) is 2.60. The molecule has 0 fully saturated rings. The molecule has 9 heteroatoms. The SMILES string of the molecule is Cc1cccc(C)c1COc1ccc2c(n1)CCC=C2OS(=O)(=O)C(F)(F)F. The van der Waals surface area contributed by atoms with E-state index in [1.165, 1.54) is 18.2 Å². The quantitative estimate of drug-likeness (QED) is 0.536. The lowest BCUT2D eigenvalue weighted by Gasteiger charge is -2.19. The van der Waals surface area contributed by atoms with Gasteiger partial charge in [-0.3, -0.25) is 0 Å². The fourth-order valence-corrected chi connectivity index (χ4v) is 3.38. The normalized spacial score (nSPS) is 14.2. The highest BCUT2D eigenvalue weighted by atomic mass is 32.2. The molecule has 0 bridgehead atoms. The summed E-state index contributed by atoms with van der Waals surface area (Å²) in [5, 5.41) is 0. The number of allylic oxidation sites excluding steroid dienone is 1. The van der Waals surface area contributed by atoms with Gasteiger partial charge < -0.3 is 8.92 Å². The lowest BCUT2D eigenvalue weighted by molar-refractivity contribution is -0.0509. The second-order valence-corrected chi connectivity index (χ2v) is 7.93. The predicted molar refractivity (Wildman–Crippen MR) is 96.8 cm³/mol. The van der Waals surface area contributed by atoms with Crippen molar-refractivity contribution in [2.75, 3.05) is 0 Å². The van der Waals surface area contributed by atoms with Crippen LogP contribution in [0.5, 0.6) is 5.88 Å². The third-order valence-corrected chi connectivity index (χ3v) is 5.38. The van der Waals surface area contributed by atoms with Crippen molar-refractivity contribution in [1.29, 1.82) is 0 Å². The summed E-state index contributed by atoms with van der Waals surface area (Å²) in [5.41, 5.74) is -1.68. The van der Waals surface area contributed by atoms with Gasteiger partial charge in [0.2, 0.25) is 5.88 Å². The van der Waals surface area contributed by atoms with Crippen molar-refractivity contribution in [3.8, 4) is 5.88 Å². The topological polar surface area (TPSA) is 65.5 Å². The molecule has 0 aliphatic heterocycles. The number of aromatic nitrogens is 1. The summed E-state index contributed by atoms with van der Waals surface area (Å²) < 4.78 is 70.4. The first-order valence-electron chi connectivity index (χ1n) is 8.47. The largest absolute Gasteiger partial charge is 0.534 e. The Morgan fingerprint density at radius 3 is 2.43 bits per heavy atom. The van der Waals surface area contributed by atoms with Crippen LogP contribution in [0.2, 0.25) is 0 Å². The number of pyridine rings is 1. The van der Waals surface area contributed by atoms with Gasteiger partial charge in [0.25, 0.3) is 0 Å². The van der Waals surface area contributed by atoms with E-state index in [1.54, 1.807) is 0 Å². The highest BCUT2D eigenvalue weighted by molar-refractivity contribution is 7.87. The highest BCUT2D eigenvalue weighted by Gasteiger charge is 2.49. The molecule has 0 amide bonds. The van der Waals surface area contributed by atoms with E-state index in [-0.39, 0.29) is 11.3 Å². The molecule has 1 aromatic carbocycles. The number of halogens is 3. The van der Waals surface area contributed by atoms with Crippen LogP contribution in [-0.2, 0) is 27.3 Å². The summed E-state index contributed by atoms with van der Waals surface area (Å²) in [7, 11) is -5.73. The van der Waals surface area contributed by atoms with Crippen LogP contribution in [0.1, 0.15) is 34.4 Å². The zero-order chi connectivity index (χ0) is 20.5. The minimum absolute atomic E-state index is 0.207. The van der Waals surface area contributed by atoms with E-state index < -0.39 is 15.6 Å². The molecule has 0 radical (unpaired) electrons. The zero-order valence-electron chi connectivity index (χ0n) is 15.2. The minimum Gasteiger partial charge on any atom is -0.473 e. The van der Waals surface area contributed by atoms with Crippen molar-refractivity contribution < 1.29 is 30.5 Å². The zero-order valence-corrected chi connectivity index (χ0v) is 16.0. The predicted octanol–water partition coefficient (Wildman–Crippen LogP) is 4.43. The van der Waals surface area contributed by atoms with Crippen molar-refractivity contribution in [1.82, 2.24) is 4.98 Å². The first-order valence-corrected chi connectivity index (χ1v) is 9.88. The fraction of sp³-hybridized carbons (Fsp3) is 0.316. The van der Waals surface area contributed by atoms with Gasteiger partial charge in [-0.25, -0.2) is 4.98 Å². The smallest absolute Gasteiger partial charge is 0.473 e. The standard InChI is InChI=1S/C19H18F3NO4S/c1-12-5-3-6-13(2)15(12)11-26-18-10-9-14-16(23-18)7-4-8-17(14)27-28(24,25)19(20,21)22/h3,5-6,8-10H,4,7,11H2,1-2H3. The Labute approximate surface area is 160 Å². The van der Waals surface area contributed by atoms with E-state index in [4.69, 9.17) is 4.74 Å². The van der Waals surface area contributed by atoms with Crippen LogP contribution in [0.3, 0.4) is 0 Å². The maximum atomic E-state index is 12.6. The minimum atomic E-state index is -5.73. The van der Waals surface area contributed by atoms with E-state index >= 15 is 0 Å². The molecule has 0 saturated carbocycles. The number of hydrogen-bond acceptors (Lipinski definition) is 5. The lowest BCUT2D eigenvalue weighted by atomic mass is 10.0. The summed E-state index contributed by atoms with van der Waals surface area (Å²) >= 11 is 0. The second-order valence-electron chi connectivity index (χ2n) is 6.39. The van der Waals surface area contributed by atoms with Crippen LogP contribution in [-0.4, -0.2) is 18.9 Å². The summed E-state index contributed by atoms with van der Waals surface area (Å²) in [6.07, 6.45) is 2.06. The molecule has 1 heterocycles. The highest BCUT2D eigenvalue weighted by Crippen LogP contribution is 2.34. The monoisotopic (exact) mass is 413 g/mol. The molecule has 5 nitrogen and oxygen atoms in total. The molecule has 150 valence electrons. The van der Waals surface area contributed by atoms with Crippen LogP contribution in [0, 0.1) is 13.8 Å². The fourth-order valence-electron chi connectivity index (χ4n) is 2.89. The molecule has 0 unspecified atom stereocenters. The average molecular weight is 413 g/mol. The van der Waals surface area contributed by atoms with Crippen molar-refractivity contribution in [3.05, 3.63) is 64.4 Å². The Morgan fingerprint density at radius 2 is 1.79 bits per heavy atom. The summed E-state index contributed by atoms with van der Waals surface area (Å²) in [4.78, 5) is 4.31. The Bertz CT molecular complexity index is 1010. The number of hydrogen-bond donors (Lipinski definition) is 0. The van der Waals surface area contributed by atoms with E-state index in [0.29, 0.717) is 31.0 Å². The van der Waals surface area contributed by atoms with Crippen LogP contribution >= 0.6 is 0 Å². The number of rotatable bonds is 5. The van der Waals surface area contributed by atoms with Crippen LogP contribution in [0.25, 0.3) is 5.76 Å². The van der Waals surface area contributed by atoms with Gasteiger partial charge in [0.05, 0.1) is 5.69 Å². The molecule has 3 rings (SSSR count). The maximum Gasteiger partial charge on any atom is 0.534 e. The molecule has 0 spiro atoms. The Morgan fingerprint density at radius 1 is 1.11 bits per heavy atom. The number of benzene rings is 1. The third kappa shape index (κ3) is 4.14. The number of alkyl halides is 3. The maximum absolute atomic E-state index is 12.6. The molecular weight excluding hydrogens is 395 g/mol. The molecule has 28 heavy (non-hydrogen) atoms. The molecular formula is C19H18F3NO4S. The van der Waals surface area contributed by atoms with Crippen molar-refractivity contribution in [2.45, 2.75) is 38.8 Å². The number of aryl methyl sites for hydroxylation is 3. The van der Waals surface area contributed by atoms with E-state index in [0.717, 1.165) is 16.7 Å². The van der Waals surface area contributed by atoms with Crippen molar-refractivity contribution >= 4 is 15.9 Å². The Hall–Kier alpha value is -2.55. The second kappa shape index (κ2) is 7.46. The molecule has 2 aromatic rings. The van der Waals surface area contributed by atoms with Crippen LogP contribution in [0.15, 0.2) is 36.4 Å². The number of nitrogens with zero attached hydrogens (tertiary/aromatic N) is 1. The van der Waals surface area contributed by atoms with Gasteiger partial charge in [0.15, 0.2) is 0 Å². The summed E-state index contributed by atoms with van der Waals surface area (Å²) in [6.45, 7) is 4.24. The van der Waals surface area contributed by atoms with E-state index in [9.17, 15) is 21.6 Å². The lowest BCUT2D eigenvalue weighted by Crippen LogP contribution is -2.25. The number of ether oxygens (including phenoxy) is 1. The summed E-state index contributed by atoms with van der Waals surface area (Å²) in [6, 6.07) is 8.84. The molecule has 1 aromatic heterocycles. The van der Waals surface area contributed by atoms with Gasteiger partial charge in [0.1, 0.15) is 12.4 Å². The third-order valence-electron chi connectivity index (χ3n) is 4.42. The van der Waals surface area contributed by atoms with Gasteiger partial charge in [-0.05, 0) is 55.5 Å². The summed E-state index contributed by atoms with van der Waals surface area (Å²) in [5.74, 6) is -0.0614. The van der Waals surface area contributed by atoms with Gasteiger partial charge in [-0.2, -0.15) is 21.6 Å². The van der Waals surface area contributed by atoms with Gasteiger partial charge in [0, 0.05) is 11.6 Å². The Balaban J connectivity index is 1.79. The van der Waals surface area contributed by atoms with Gasteiger partial charge in [-0.15, -0.1) is 0 Å². The molecule has 1 aliphatic carbocycles. The van der Waals surface area contributed by atoms with Gasteiger partial charge in [-0.1, -0.05) is 18.2 Å². The number of fused-ring (bicyclic) bond motifs is 1. The van der Waals surface area contributed by atoms with Crippen LogP contribution < -0.4 is 4.74 Å². The van der Waals surface area contributed by atoms with Crippen molar-refractivity contribution in [2.24, 2.45) is 0 Å². The molecule has 0 atom stereocenters. The molecule has 1 aliphatic rings. The first kappa shape index (κ1) is 20.2. The van der Waals surface area contributed by atoms with Gasteiger partial charge >= 0.3 is 15.6 Å². The van der Waals surface area contributed by atoms with E-state index in [2.05, 4.69) is 9.17 Å². The molecule has 0 saturated heterocycles. The Kier molecular flexibility index (Phi) is 5.38. The molecule has 0 N–H and O–H groups in total. The van der Waals surface area contributed by atoms with Crippen molar-refractivity contribution in [3.63, 3.8) is 0 Å². The van der Waals surface area contributed by atoms with E-state index in [1.807, 2.05) is 32.0 Å². The first-order chi connectivity index (χ1) is 13.1.